The second-order valence-electron chi connectivity index (χ2n) is 4.88. The Balaban J connectivity index is 2.49. The van der Waals surface area contributed by atoms with Crippen molar-refractivity contribution in [1.29, 1.82) is 0 Å². The van der Waals surface area contributed by atoms with E-state index in [1.165, 1.54) is 11.1 Å². The van der Waals surface area contributed by atoms with Crippen molar-refractivity contribution in [2.24, 2.45) is 0 Å². The smallest absolute Gasteiger partial charge is 0.140 e. The van der Waals surface area contributed by atoms with E-state index in [2.05, 4.69) is 34.2 Å². The van der Waals surface area contributed by atoms with E-state index >= 15 is 0 Å². The molecule has 0 radical (unpaired) electrons. The maximum absolute atomic E-state index is 5.62. The molecule has 0 spiro atoms. The molecule has 1 saturated heterocycles. The fourth-order valence-corrected chi connectivity index (χ4v) is 3.62. The van der Waals surface area contributed by atoms with E-state index in [0.717, 1.165) is 48.3 Å². The number of benzene rings is 1. The molecule has 0 amide bonds. The molecule has 0 aromatic heterocycles. The zero-order valence-electron chi connectivity index (χ0n) is 11.9. The van der Waals surface area contributed by atoms with Crippen LogP contribution in [0.2, 0.25) is 0 Å². The number of halogens is 1. The van der Waals surface area contributed by atoms with Crippen LogP contribution in [-0.4, -0.2) is 27.3 Å². The van der Waals surface area contributed by atoms with E-state index in [1.54, 1.807) is 14.2 Å². The largest absolute Gasteiger partial charge is 0.495 e. The lowest BCUT2D eigenvalue weighted by Gasteiger charge is -2.26. The van der Waals surface area contributed by atoms with Gasteiger partial charge >= 0.3 is 0 Å². The van der Waals surface area contributed by atoms with E-state index < -0.39 is 0 Å². The van der Waals surface area contributed by atoms with Gasteiger partial charge in [-0.2, -0.15) is 0 Å². The van der Waals surface area contributed by atoms with Crippen molar-refractivity contribution in [2.45, 2.75) is 32.1 Å². The Morgan fingerprint density at radius 2 is 1.84 bits per heavy atom. The van der Waals surface area contributed by atoms with Crippen molar-refractivity contribution >= 4 is 15.9 Å². The average Bonchev–Trinajstić information content (AvgIpc) is 2.47. The van der Waals surface area contributed by atoms with Crippen LogP contribution in [0.25, 0.3) is 0 Å². The summed E-state index contributed by atoms with van der Waals surface area (Å²) >= 11 is 3.65. The Morgan fingerprint density at radius 3 is 2.37 bits per heavy atom. The first-order valence-electron chi connectivity index (χ1n) is 6.86. The highest BCUT2D eigenvalue weighted by atomic mass is 79.9. The minimum atomic E-state index is 0.573. The molecular formula is C15H22BrNO2. The first-order chi connectivity index (χ1) is 9.22. The summed E-state index contributed by atoms with van der Waals surface area (Å²) in [6.07, 6.45) is 3.29. The van der Waals surface area contributed by atoms with Crippen molar-refractivity contribution in [3.63, 3.8) is 0 Å². The van der Waals surface area contributed by atoms with Crippen LogP contribution in [-0.2, 0) is 6.42 Å². The van der Waals surface area contributed by atoms with Crippen LogP contribution in [0.5, 0.6) is 11.5 Å². The van der Waals surface area contributed by atoms with Crippen molar-refractivity contribution in [3.8, 4) is 11.5 Å². The van der Waals surface area contributed by atoms with Crippen molar-refractivity contribution in [1.82, 2.24) is 5.32 Å². The van der Waals surface area contributed by atoms with E-state index in [0.29, 0.717) is 5.92 Å². The molecule has 1 heterocycles. The van der Waals surface area contributed by atoms with Gasteiger partial charge in [-0.15, -0.1) is 0 Å². The fraction of sp³-hybridized carbons (Fsp3) is 0.600. The molecule has 106 valence electrons. The number of aryl methyl sites for hydroxylation is 1. The molecule has 3 nitrogen and oxygen atoms in total. The second-order valence-corrected chi connectivity index (χ2v) is 5.68. The van der Waals surface area contributed by atoms with Gasteiger partial charge in [-0.1, -0.05) is 6.92 Å². The number of rotatable bonds is 4. The molecule has 1 aliphatic rings. The molecule has 19 heavy (non-hydrogen) atoms. The second kappa shape index (κ2) is 6.62. The predicted molar refractivity (Wildman–Crippen MR) is 81.5 cm³/mol. The van der Waals surface area contributed by atoms with Gasteiger partial charge in [0.25, 0.3) is 0 Å². The number of piperidine rings is 1. The van der Waals surface area contributed by atoms with Gasteiger partial charge in [0.2, 0.25) is 0 Å². The fourth-order valence-electron chi connectivity index (χ4n) is 2.82. The van der Waals surface area contributed by atoms with Crippen LogP contribution in [0.1, 0.15) is 36.8 Å². The highest BCUT2D eigenvalue weighted by Gasteiger charge is 2.24. The molecule has 0 atom stereocenters. The van der Waals surface area contributed by atoms with E-state index in [1.807, 2.05) is 0 Å². The predicted octanol–water partition coefficient (Wildman–Crippen LogP) is 3.50. The minimum absolute atomic E-state index is 0.573. The lowest BCUT2D eigenvalue weighted by Crippen LogP contribution is -2.27. The number of hydrogen-bond donors (Lipinski definition) is 1. The van der Waals surface area contributed by atoms with Crippen LogP contribution >= 0.6 is 15.9 Å². The van der Waals surface area contributed by atoms with Gasteiger partial charge in [-0.25, -0.2) is 0 Å². The quantitative estimate of drug-likeness (QED) is 0.918. The van der Waals surface area contributed by atoms with Crippen molar-refractivity contribution in [2.75, 3.05) is 27.3 Å². The van der Waals surface area contributed by atoms with Gasteiger partial charge in [0.1, 0.15) is 16.0 Å². The number of ether oxygens (including phenoxy) is 2. The summed E-state index contributed by atoms with van der Waals surface area (Å²) in [5, 5.41) is 3.41. The Morgan fingerprint density at radius 1 is 1.21 bits per heavy atom. The molecule has 0 unspecified atom stereocenters. The lowest BCUT2D eigenvalue weighted by molar-refractivity contribution is 0.373. The summed E-state index contributed by atoms with van der Waals surface area (Å²) in [5.74, 6) is 2.40. The van der Waals surface area contributed by atoms with Gasteiger partial charge in [-0.05, 0) is 71.4 Å². The Bertz CT molecular complexity index is 442. The highest BCUT2D eigenvalue weighted by molar-refractivity contribution is 9.10. The van der Waals surface area contributed by atoms with Gasteiger partial charge in [0, 0.05) is 0 Å². The molecule has 0 saturated carbocycles. The summed E-state index contributed by atoms with van der Waals surface area (Å²) in [5.41, 5.74) is 2.55. The first kappa shape index (κ1) is 14.7. The van der Waals surface area contributed by atoms with Crippen LogP contribution in [0, 0.1) is 0 Å². The highest BCUT2D eigenvalue weighted by Crippen LogP contribution is 2.44. The third kappa shape index (κ3) is 2.90. The van der Waals surface area contributed by atoms with Gasteiger partial charge in [-0.3, -0.25) is 0 Å². The number of hydrogen-bond acceptors (Lipinski definition) is 3. The van der Waals surface area contributed by atoms with Crippen LogP contribution in [0.3, 0.4) is 0 Å². The topological polar surface area (TPSA) is 30.5 Å². The maximum atomic E-state index is 5.62. The molecule has 4 heteroatoms. The van der Waals surface area contributed by atoms with E-state index in [9.17, 15) is 0 Å². The molecule has 2 rings (SSSR count). The van der Waals surface area contributed by atoms with Crippen molar-refractivity contribution in [3.05, 3.63) is 21.7 Å². The molecule has 1 aliphatic heterocycles. The number of methoxy groups -OCH3 is 2. The molecule has 1 aromatic rings. The van der Waals surface area contributed by atoms with Gasteiger partial charge in [0.05, 0.1) is 14.2 Å². The molecule has 0 aliphatic carbocycles. The Kier molecular flexibility index (Phi) is 5.11. The summed E-state index contributed by atoms with van der Waals surface area (Å²) in [6.45, 7) is 4.32. The van der Waals surface area contributed by atoms with Crippen molar-refractivity contribution < 1.29 is 9.47 Å². The zero-order chi connectivity index (χ0) is 13.8. The number of nitrogens with one attached hydrogen (secondary N) is 1. The first-order valence-corrected chi connectivity index (χ1v) is 7.66. The third-order valence-corrected chi connectivity index (χ3v) is 4.57. The third-order valence-electron chi connectivity index (χ3n) is 3.85. The van der Waals surface area contributed by atoms with Crippen LogP contribution < -0.4 is 14.8 Å². The summed E-state index contributed by atoms with van der Waals surface area (Å²) in [4.78, 5) is 0. The van der Waals surface area contributed by atoms with Crippen LogP contribution in [0.4, 0.5) is 0 Å². The van der Waals surface area contributed by atoms with Crippen LogP contribution in [0.15, 0.2) is 10.5 Å². The summed E-state index contributed by atoms with van der Waals surface area (Å²) < 4.78 is 12.1. The molecule has 1 fully saturated rings. The lowest BCUT2D eigenvalue weighted by atomic mass is 9.88. The molecule has 1 N–H and O–H groups in total. The Hall–Kier alpha value is -0.740. The van der Waals surface area contributed by atoms with Gasteiger partial charge < -0.3 is 14.8 Å². The van der Waals surface area contributed by atoms with E-state index in [4.69, 9.17) is 9.47 Å². The molecule has 1 aromatic carbocycles. The normalized spacial score (nSPS) is 16.4. The molecular weight excluding hydrogens is 306 g/mol. The Labute approximate surface area is 123 Å². The SMILES string of the molecule is CCc1cc(C2CCNCC2)c(OC)c(Br)c1OC. The summed E-state index contributed by atoms with van der Waals surface area (Å²) in [7, 11) is 3.44. The maximum Gasteiger partial charge on any atom is 0.140 e. The molecule has 0 bridgehead atoms. The standard InChI is InChI=1S/C15H22BrNO2/c1-4-10-9-12(11-5-7-17-8-6-11)15(19-3)13(16)14(10)18-2/h9,11,17H,4-8H2,1-3H3. The summed E-state index contributed by atoms with van der Waals surface area (Å²) in [6, 6.07) is 2.26. The minimum Gasteiger partial charge on any atom is -0.495 e. The zero-order valence-corrected chi connectivity index (χ0v) is 13.5. The van der Waals surface area contributed by atoms with E-state index in [-0.39, 0.29) is 0 Å². The average molecular weight is 328 g/mol. The van der Waals surface area contributed by atoms with Gasteiger partial charge in [0.15, 0.2) is 0 Å². The monoisotopic (exact) mass is 327 g/mol.